The number of thioether (sulfide) groups is 1. The number of rotatable bonds is 10. The summed E-state index contributed by atoms with van der Waals surface area (Å²) < 4.78 is 29.8. The monoisotopic (exact) mass is 564 g/mol. The van der Waals surface area contributed by atoms with Crippen LogP contribution >= 0.6 is 11.8 Å². The maximum absolute atomic E-state index is 12.1. The number of aryl methyl sites for hydroxylation is 1. The topological polar surface area (TPSA) is 157 Å². The largest absolute Gasteiger partial charge is 0.486 e. The molecule has 13 nitrogen and oxygen atoms in total. The standard InChI is InChI=1S/C25H32N4O9S/c1-13-8-7-9-18(10-13)35-12-20-27-28-25(29(20)6)39-24-21(26-14(2)30)23(37-17(5)33)22(36-16(4)32)19(38-24)11-34-15(3)31/h7-10,19,21-24H,11-12H2,1-6H3,(H,26,30)/t19-,21+,22+,23-,24-/m0/s1. The molecule has 1 aliphatic heterocycles. The van der Waals surface area contributed by atoms with Gasteiger partial charge in [0.2, 0.25) is 5.91 Å². The molecule has 1 aromatic heterocycles. The molecule has 0 radical (unpaired) electrons. The second-order valence-electron chi connectivity index (χ2n) is 8.90. The van der Waals surface area contributed by atoms with Crippen LogP contribution in [0.1, 0.15) is 39.1 Å². The third-order valence-electron chi connectivity index (χ3n) is 5.58. The lowest BCUT2D eigenvalue weighted by Crippen LogP contribution is -2.65. The minimum atomic E-state index is -1.17. The Morgan fingerprint density at radius 1 is 1.03 bits per heavy atom. The SMILES string of the molecule is CC(=O)N[C@@H]1[C@H](OC(C)=O)[C@H](OC(C)=O)[C@H](COC(C)=O)O[C@H]1Sc1nnc(COc2cccc(C)c2)n1C. The highest BCUT2D eigenvalue weighted by molar-refractivity contribution is 7.99. The van der Waals surface area contributed by atoms with Crippen LogP contribution in [0.15, 0.2) is 29.4 Å². The molecule has 0 unspecified atom stereocenters. The van der Waals surface area contributed by atoms with Crippen LogP contribution < -0.4 is 10.1 Å². The first-order valence-corrected chi connectivity index (χ1v) is 13.0. The fourth-order valence-corrected chi connectivity index (χ4v) is 5.05. The highest BCUT2D eigenvalue weighted by atomic mass is 32.2. The van der Waals surface area contributed by atoms with Crippen LogP contribution in [0.3, 0.4) is 0 Å². The Morgan fingerprint density at radius 3 is 2.33 bits per heavy atom. The fourth-order valence-electron chi connectivity index (χ4n) is 3.92. The molecule has 2 aromatic rings. The van der Waals surface area contributed by atoms with Crippen molar-refractivity contribution < 1.29 is 42.9 Å². The molecule has 0 saturated carbocycles. The van der Waals surface area contributed by atoms with Gasteiger partial charge in [0.15, 0.2) is 23.2 Å². The highest BCUT2D eigenvalue weighted by Crippen LogP contribution is 2.35. The van der Waals surface area contributed by atoms with Gasteiger partial charge in [-0.3, -0.25) is 19.2 Å². The van der Waals surface area contributed by atoms with Crippen LogP contribution in [-0.2, 0) is 51.8 Å². The van der Waals surface area contributed by atoms with Gasteiger partial charge in [-0.2, -0.15) is 0 Å². The minimum Gasteiger partial charge on any atom is -0.486 e. The summed E-state index contributed by atoms with van der Waals surface area (Å²) in [4.78, 5) is 47.6. The van der Waals surface area contributed by atoms with Crippen molar-refractivity contribution in [3.05, 3.63) is 35.7 Å². The van der Waals surface area contributed by atoms with Gasteiger partial charge >= 0.3 is 17.9 Å². The molecular weight excluding hydrogens is 532 g/mol. The second kappa shape index (κ2) is 13.4. The van der Waals surface area contributed by atoms with Crippen LogP contribution in [0.2, 0.25) is 0 Å². The van der Waals surface area contributed by atoms with E-state index in [9.17, 15) is 19.2 Å². The number of carbonyl (C=O) groups excluding carboxylic acids is 4. The van der Waals surface area contributed by atoms with E-state index in [0.717, 1.165) is 17.3 Å². The summed E-state index contributed by atoms with van der Waals surface area (Å²) in [5, 5.41) is 11.6. The normalized spacial score (nSPS) is 22.5. The van der Waals surface area contributed by atoms with Gasteiger partial charge in [0.05, 0.1) is 0 Å². The first-order valence-electron chi connectivity index (χ1n) is 12.1. The van der Waals surface area contributed by atoms with E-state index in [2.05, 4.69) is 15.5 Å². The van der Waals surface area contributed by atoms with Crippen LogP contribution in [0.25, 0.3) is 0 Å². The average Bonchev–Trinajstić information content (AvgIpc) is 3.18. The summed E-state index contributed by atoms with van der Waals surface area (Å²) in [7, 11) is 1.75. The van der Waals surface area contributed by atoms with E-state index in [1.807, 2.05) is 31.2 Å². The van der Waals surface area contributed by atoms with E-state index >= 15 is 0 Å². The lowest BCUT2D eigenvalue weighted by Gasteiger charge is -2.44. The summed E-state index contributed by atoms with van der Waals surface area (Å²) >= 11 is 1.10. The molecule has 1 saturated heterocycles. The molecule has 2 heterocycles. The number of carbonyl (C=O) groups is 4. The van der Waals surface area contributed by atoms with Gasteiger partial charge < -0.3 is 33.6 Å². The zero-order valence-corrected chi connectivity index (χ0v) is 23.4. The predicted molar refractivity (Wildman–Crippen MR) is 136 cm³/mol. The van der Waals surface area contributed by atoms with E-state index in [1.54, 1.807) is 11.6 Å². The zero-order chi connectivity index (χ0) is 28.7. The molecule has 212 valence electrons. The van der Waals surface area contributed by atoms with E-state index in [0.29, 0.717) is 16.7 Å². The molecule has 39 heavy (non-hydrogen) atoms. The Morgan fingerprint density at radius 2 is 1.72 bits per heavy atom. The highest BCUT2D eigenvalue weighted by Gasteiger charge is 2.51. The number of nitrogens with one attached hydrogen (secondary N) is 1. The van der Waals surface area contributed by atoms with E-state index in [1.165, 1.54) is 27.7 Å². The number of aromatic nitrogens is 3. The molecule has 1 fully saturated rings. The molecule has 0 aliphatic carbocycles. The number of hydrogen-bond donors (Lipinski definition) is 1. The van der Waals surface area contributed by atoms with Crippen molar-refractivity contribution in [1.29, 1.82) is 0 Å². The number of ether oxygens (including phenoxy) is 5. The zero-order valence-electron chi connectivity index (χ0n) is 22.5. The van der Waals surface area contributed by atoms with E-state index in [-0.39, 0.29) is 13.2 Å². The first kappa shape index (κ1) is 29.9. The summed E-state index contributed by atoms with van der Waals surface area (Å²) in [6, 6.07) is 6.63. The predicted octanol–water partition coefficient (Wildman–Crippen LogP) is 1.45. The van der Waals surface area contributed by atoms with Gasteiger partial charge in [0.1, 0.15) is 36.5 Å². The number of esters is 3. The van der Waals surface area contributed by atoms with Crippen LogP contribution in [0.4, 0.5) is 0 Å². The molecule has 1 amide bonds. The summed E-state index contributed by atoms with van der Waals surface area (Å²) in [5.74, 6) is -1.15. The number of amides is 1. The van der Waals surface area contributed by atoms with Crippen LogP contribution in [-0.4, -0.2) is 75.0 Å². The number of hydrogen-bond acceptors (Lipinski definition) is 12. The fraction of sp³-hybridized carbons (Fsp3) is 0.520. The molecule has 14 heteroatoms. The van der Waals surface area contributed by atoms with Crippen molar-refractivity contribution in [2.45, 2.75) is 76.2 Å². The smallest absolute Gasteiger partial charge is 0.303 e. The molecule has 3 rings (SSSR count). The summed E-state index contributed by atoms with van der Waals surface area (Å²) in [6.07, 6.45) is -3.33. The van der Waals surface area contributed by atoms with Crippen molar-refractivity contribution in [3.8, 4) is 5.75 Å². The maximum atomic E-state index is 12.1. The Bertz CT molecular complexity index is 1200. The summed E-state index contributed by atoms with van der Waals surface area (Å²) in [5.41, 5.74) is 0.150. The lowest BCUT2D eigenvalue weighted by molar-refractivity contribution is -0.211. The summed E-state index contributed by atoms with van der Waals surface area (Å²) in [6.45, 7) is 6.71. The van der Waals surface area contributed by atoms with Gasteiger partial charge in [-0.05, 0) is 24.6 Å². The average molecular weight is 565 g/mol. The minimum absolute atomic E-state index is 0.147. The van der Waals surface area contributed by atoms with Crippen LogP contribution in [0.5, 0.6) is 5.75 Å². The Balaban J connectivity index is 1.89. The van der Waals surface area contributed by atoms with E-state index in [4.69, 9.17) is 23.7 Å². The van der Waals surface area contributed by atoms with E-state index < -0.39 is 53.6 Å². The Kier molecular flexibility index (Phi) is 10.3. The van der Waals surface area contributed by atoms with Crippen LogP contribution in [0, 0.1) is 6.92 Å². The van der Waals surface area contributed by atoms with Crippen molar-refractivity contribution in [2.75, 3.05) is 6.61 Å². The molecular formula is C25H32N4O9S. The van der Waals surface area contributed by atoms with Crippen molar-refractivity contribution >= 4 is 35.6 Å². The quantitative estimate of drug-likeness (QED) is 0.328. The van der Waals surface area contributed by atoms with Gasteiger partial charge in [-0.25, -0.2) is 0 Å². The third kappa shape index (κ3) is 8.42. The van der Waals surface area contributed by atoms with Gasteiger partial charge in [-0.15, -0.1) is 10.2 Å². The second-order valence-corrected chi connectivity index (χ2v) is 9.97. The molecule has 1 N–H and O–H groups in total. The molecule has 5 atom stereocenters. The van der Waals surface area contributed by atoms with Crippen molar-refractivity contribution in [2.24, 2.45) is 7.05 Å². The number of benzene rings is 1. The third-order valence-corrected chi connectivity index (χ3v) is 6.78. The van der Waals surface area contributed by atoms with Gasteiger partial charge in [-0.1, -0.05) is 23.9 Å². The molecule has 1 aliphatic rings. The van der Waals surface area contributed by atoms with Gasteiger partial charge in [0, 0.05) is 34.7 Å². The Labute approximate surface area is 229 Å². The first-order chi connectivity index (χ1) is 18.4. The number of nitrogens with zero attached hydrogens (tertiary/aromatic N) is 3. The molecule has 0 bridgehead atoms. The lowest BCUT2D eigenvalue weighted by atomic mass is 9.97. The van der Waals surface area contributed by atoms with Gasteiger partial charge in [0.25, 0.3) is 0 Å². The molecule has 1 aromatic carbocycles. The van der Waals surface area contributed by atoms with Crippen molar-refractivity contribution in [1.82, 2.24) is 20.1 Å². The van der Waals surface area contributed by atoms with Crippen molar-refractivity contribution in [3.63, 3.8) is 0 Å². The maximum Gasteiger partial charge on any atom is 0.303 e. The Hall–Kier alpha value is -3.65. The molecule has 0 spiro atoms.